The van der Waals surface area contributed by atoms with Crippen molar-refractivity contribution in [2.75, 3.05) is 7.11 Å². The summed E-state index contributed by atoms with van der Waals surface area (Å²) in [6.07, 6.45) is 12.2. The van der Waals surface area contributed by atoms with E-state index in [-0.39, 0.29) is 7.43 Å². The average Bonchev–Trinajstić information content (AvgIpc) is 2.72. The molecule has 0 spiro atoms. The molecule has 2 saturated carbocycles. The zero-order valence-corrected chi connectivity index (χ0v) is 16.1. The summed E-state index contributed by atoms with van der Waals surface area (Å²) in [5.74, 6) is 5.45. The molecule has 3 rings (SSSR count). The van der Waals surface area contributed by atoms with Crippen LogP contribution in [0.2, 0.25) is 0 Å². The van der Waals surface area contributed by atoms with E-state index in [4.69, 9.17) is 9.84 Å². The Balaban J connectivity index is 0.000000925. The summed E-state index contributed by atoms with van der Waals surface area (Å²) in [7, 11) is 1.00. The van der Waals surface area contributed by atoms with Crippen LogP contribution < -0.4 is 0 Å². The first-order valence-corrected chi connectivity index (χ1v) is 10.3. The predicted molar refractivity (Wildman–Crippen MR) is 104 cm³/mol. The lowest BCUT2D eigenvalue weighted by atomic mass is 9.58. The van der Waals surface area contributed by atoms with Crippen molar-refractivity contribution in [2.45, 2.75) is 98.7 Å². The van der Waals surface area contributed by atoms with Crippen LogP contribution in [0.1, 0.15) is 86.5 Å². The number of aliphatic hydroxyl groups excluding tert-OH is 1. The molecule has 0 aromatic heterocycles. The molecule has 1 saturated heterocycles. The summed E-state index contributed by atoms with van der Waals surface area (Å²) < 4.78 is 6.77. The summed E-state index contributed by atoms with van der Waals surface area (Å²) >= 11 is 0. The van der Waals surface area contributed by atoms with Gasteiger partial charge in [0.05, 0.1) is 12.2 Å². The van der Waals surface area contributed by atoms with E-state index in [0.29, 0.717) is 12.2 Å². The van der Waals surface area contributed by atoms with Crippen molar-refractivity contribution in [1.82, 2.24) is 0 Å². The van der Waals surface area contributed by atoms with E-state index in [0.717, 1.165) is 42.6 Å². The molecule has 3 fully saturated rings. The second-order valence-electron chi connectivity index (χ2n) is 8.45. The van der Waals surface area contributed by atoms with E-state index >= 15 is 0 Å². The van der Waals surface area contributed by atoms with Crippen LogP contribution in [0.4, 0.5) is 0 Å². The number of hydrogen-bond acceptors (Lipinski definition) is 2. The number of ether oxygens (including phenoxy) is 1. The Labute approximate surface area is 151 Å². The summed E-state index contributed by atoms with van der Waals surface area (Å²) in [5.41, 5.74) is 0. The summed E-state index contributed by atoms with van der Waals surface area (Å²) in [5, 5.41) is 7.00. The van der Waals surface area contributed by atoms with Crippen LogP contribution >= 0.6 is 0 Å². The van der Waals surface area contributed by atoms with Gasteiger partial charge >= 0.3 is 0 Å². The van der Waals surface area contributed by atoms with E-state index in [9.17, 15) is 0 Å². The van der Waals surface area contributed by atoms with Crippen molar-refractivity contribution in [2.24, 2.45) is 35.5 Å². The molecule has 144 valence electrons. The van der Waals surface area contributed by atoms with E-state index in [2.05, 4.69) is 27.7 Å². The standard InChI is InChI=1S/C20H36O.CH4O.CH4/c1-5-7-18-15(6-2)17-11-9-14(4)16-10-8-13(3)12-19(21-18)20(16)17;1-2;/h13-20H,5-12H2,1-4H3;2H,1H3;1H4. The Morgan fingerprint density at radius 1 is 0.958 bits per heavy atom. The maximum Gasteiger partial charge on any atom is 0.0615 e. The van der Waals surface area contributed by atoms with Gasteiger partial charge in [0.25, 0.3) is 0 Å². The van der Waals surface area contributed by atoms with Crippen molar-refractivity contribution >= 4 is 0 Å². The Kier molecular flexibility index (Phi) is 9.30. The van der Waals surface area contributed by atoms with Gasteiger partial charge in [-0.2, -0.15) is 0 Å². The van der Waals surface area contributed by atoms with E-state index in [1.807, 2.05) is 0 Å². The van der Waals surface area contributed by atoms with Gasteiger partial charge in [-0.05, 0) is 61.2 Å². The highest BCUT2D eigenvalue weighted by Crippen LogP contribution is 2.54. The molecule has 0 radical (unpaired) electrons. The van der Waals surface area contributed by atoms with Gasteiger partial charge in [0, 0.05) is 7.11 Å². The number of rotatable bonds is 3. The van der Waals surface area contributed by atoms with Gasteiger partial charge in [-0.15, -0.1) is 0 Å². The molecule has 0 aromatic carbocycles. The first kappa shape index (κ1) is 22.0. The van der Waals surface area contributed by atoms with Crippen LogP contribution in [0.5, 0.6) is 0 Å². The first-order valence-electron chi connectivity index (χ1n) is 10.3. The molecule has 0 amide bonds. The van der Waals surface area contributed by atoms with Gasteiger partial charge in [-0.25, -0.2) is 0 Å². The zero-order valence-electron chi connectivity index (χ0n) is 16.1. The fourth-order valence-electron chi connectivity index (χ4n) is 6.11. The minimum Gasteiger partial charge on any atom is -0.400 e. The van der Waals surface area contributed by atoms with Crippen molar-refractivity contribution in [3.8, 4) is 0 Å². The predicted octanol–water partition coefficient (Wildman–Crippen LogP) is 5.92. The molecular formula is C22H44O2. The molecule has 2 aliphatic carbocycles. The highest BCUT2D eigenvalue weighted by molar-refractivity contribution is 4.99. The summed E-state index contributed by atoms with van der Waals surface area (Å²) in [6, 6.07) is 0. The lowest BCUT2D eigenvalue weighted by molar-refractivity contribution is -0.181. The molecule has 1 N–H and O–H groups in total. The average molecular weight is 341 g/mol. The molecule has 2 nitrogen and oxygen atoms in total. The van der Waals surface area contributed by atoms with Crippen LogP contribution in [-0.2, 0) is 4.74 Å². The highest BCUT2D eigenvalue weighted by Gasteiger charge is 2.51. The highest BCUT2D eigenvalue weighted by atomic mass is 16.5. The molecule has 2 heteroatoms. The normalized spacial score (nSPS) is 44.2. The number of aliphatic hydroxyl groups is 1. The lowest BCUT2D eigenvalue weighted by Crippen LogP contribution is -2.52. The van der Waals surface area contributed by atoms with Crippen molar-refractivity contribution in [3.05, 3.63) is 0 Å². The van der Waals surface area contributed by atoms with Crippen molar-refractivity contribution < 1.29 is 9.84 Å². The Hall–Kier alpha value is -0.0800. The Bertz CT molecular complexity index is 343. The van der Waals surface area contributed by atoms with Crippen LogP contribution in [0, 0.1) is 35.5 Å². The molecule has 0 bridgehead atoms. The second-order valence-corrected chi connectivity index (χ2v) is 8.45. The van der Waals surface area contributed by atoms with E-state index < -0.39 is 0 Å². The topological polar surface area (TPSA) is 29.5 Å². The van der Waals surface area contributed by atoms with Crippen LogP contribution in [-0.4, -0.2) is 24.4 Å². The molecule has 3 aliphatic rings. The van der Waals surface area contributed by atoms with Crippen LogP contribution in [0.3, 0.4) is 0 Å². The second kappa shape index (κ2) is 10.2. The minimum absolute atomic E-state index is 0. The first-order chi connectivity index (χ1) is 11.2. The maximum absolute atomic E-state index is 7.00. The van der Waals surface area contributed by atoms with Gasteiger partial charge < -0.3 is 9.84 Å². The third-order valence-electron chi connectivity index (χ3n) is 7.15. The number of hydrogen-bond donors (Lipinski definition) is 1. The fraction of sp³-hybridized carbons (Fsp3) is 1.00. The lowest BCUT2D eigenvalue weighted by Gasteiger charge is -2.54. The third kappa shape index (κ3) is 4.36. The molecule has 24 heavy (non-hydrogen) atoms. The quantitative estimate of drug-likeness (QED) is 0.690. The molecule has 1 aliphatic heterocycles. The van der Waals surface area contributed by atoms with Gasteiger partial charge in [-0.3, -0.25) is 0 Å². The molecule has 8 unspecified atom stereocenters. The molecule has 1 heterocycles. The van der Waals surface area contributed by atoms with Gasteiger partial charge in [0.2, 0.25) is 0 Å². The Morgan fingerprint density at radius 2 is 1.62 bits per heavy atom. The fourth-order valence-corrected chi connectivity index (χ4v) is 6.11. The summed E-state index contributed by atoms with van der Waals surface area (Å²) in [4.78, 5) is 0. The monoisotopic (exact) mass is 340 g/mol. The van der Waals surface area contributed by atoms with Crippen LogP contribution in [0.15, 0.2) is 0 Å². The SMILES string of the molecule is C.CCCC1OC2CC(C)CCC3C(C)CCC(C1CC)C23.CO. The van der Waals surface area contributed by atoms with Gasteiger partial charge in [0.1, 0.15) is 0 Å². The van der Waals surface area contributed by atoms with Gasteiger partial charge in [0.15, 0.2) is 0 Å². The van der Waals surface area contributed by atoms with Crippen molar-refractivity contribution in [1.29, 1.82) is 0 Å². The van der Waals surface area contributed by atoms with Crippen LogP contribution in [0.25, 0.3) is 0 Å². The summed E-state index contributed by atoms with van der Waals surface area (Å²) in [6.45, 7) is 9.71. The largest absolute Gasteiger partial charge is 0.400 e. The van der Waals surface area contributed by atoms with E-state index in [1.54, 1.807) is 0 Å². The zero-order chi connectivity index (χ0) is 17.0. The third-order valence-corrected chi connectivity index (χ3v) is 7.15. The Morgan fingerprint density at radius 3 is 2.25 bits per heavy atom. The van der Waals surface area contributed by atoms with Crippen molar-refractivity contribution in [3.63, 3.8) is 0 Å². The molecule has 8 atom stereocenters. The van der Waals surface area contributed by atoms with Gasteiger partial charge in [-0.1, -0.05) is 60.8 Å². The molecular weight excluding hydrogens is 296 g/mol. The smallest absolute Gasteiger partial charge is 0.0615 e. The minimum atomic E-state index is 0. The maximum atomic E-state index is 7.00. The van der Waals surface area contributed by atoms with E-state index in [1.165, 1.54) is 51.4 Å². The molecule has 0 aromatic rings.